The van der Waals surface area contributed by atoms with Gasteiger partial charge in [-0.3, -0.25) is 0 Å². The molecule has 0 amide bonds. The molecule has 4 nitrogen and oxygen atoms in total. The van der Waals surface area contributed by atoms with Crippen molar-refractivity contribution in [3.63, 3.8) is 0 Å². The van der Waals surface area contributed by atoms with Crippen LogP contribution in [0, 0.1) is 11.8 Å². The van der Waals surface area contributed by atoms with Gasteiger partial charge < -0.3 is 15.7 Å². The average molecular weight is 407 g/mol. The highest BCUT2D eigenvalue weighted by molar-refractivity contribution is 5.67. The molecule has 0 spiro atoms. The highest BCUT2D eigenvalue weighted by Crippen LogP contribution is 2.62. The largest absolute Gasteiger partial charge is 0.419 e. The smallest absolute Gasteiger partial charge is 0.387 e. The Morgan fingerprint density at radius 1 is 1.28 bits per heavy atom. The van der Waals surface area contributed by atoms with Crippen LogP contribution in [0.4, 0.5) is 19.0 Å². The zero-order chi connectivity index (χ0) is 21.0. The number of aliphatic hydroxyl groups excluding tert-OH is 1. The second kappa shape index (κ2) is 7.04. The Morgan fingerprint density at radius 2 is 1.97 bits per heavy atom. The lowest BCUT2D eigenvalue weighted by Gasteiger charge is -2.67. The molecule has 3 saturated carbocycles. The first-order valence-corrected chi connectivity index (χ1v) is 10.3. The van der Waals surface area contributed by atoms with Crippen LogP contribution in [0.5, 0.6) is 0 Å². The quantitative estimate of drug-likeness (QED) is 0.740. The summed E-state index contributed by atoms with van der Waals surface area (Å²) in [6.07, 6.45) is 5.83. The maximum atomic E-state index is 13.3. The van der Waals surface area contributed by atoms with Gasteiger partial charge in [0.15, 0.2) is 0 Å². The van der Waals surface area contributed by atoms with Crippen molar-refractivity contribution < 1.29 is 18.3 Å². The first-order valence-electron chi connectivity index (χ1n) is 10.3. The topological polar surface area (TPSA) is 62.4 Å². The summed E-state index contributed by atoms with van der Waals surface area (Å²) in [6.45, 7) is 3.96. The Labute approximate surface area is 169 Å². The van der Waals surface area contributed by atoms with E-state index in [-0.39, 0.29) is 11.5 Å². The minimum absolute atomic E-state index is 0.00303. The zero-order valence-electron chi connectivity index (χ0n) is 16.8. The van der Waals surface area contributed by atoms with E-state index < -0.39 is 23.7 Å². The summed E-state index contributed by atoms with van der Waals surface area (Å²) >= 11 is 0. The number of anilines is 1. The predicted molar refractivity (Wildman–Crippen MR) is 106 cm³/mol. The van der Waals surface area contributed by atoms with Crippen LogP contribution in [0.3, 0.4) is 0 Å². The van der Waals surface area contributed by atoms with E-state index in [1.54, 1.807) is 0 Å². The number of aromatic nitrogens is 1. The van der Waals surface area contributed by atoms with Gasteiger partial charge in [0.2, 0.25) is 0 Å². The molecular weight excluding hydrogens is 379 g/mol. The maximum Gasteiger partial charge on any atom is 0.419 e. The third-order valence-corrected chi connectivity index (χ3v) is 6.61. The van der Waals surface area contributed by atoms with E-state index >= 15 is 0 Å². The molecule has 2 bridgehead atoms. The molecule has 0 radical (unpaired) electrons. The van der Waals surface area contributed by atoms with Crippen molar-refractivity contribution in [3.05, 3.63) is 41.4 Å². The van der Waals surface area contributed by atoms with Gasteiger partial charge in [-0.1, -0.05) is 19.9 Å². The van der Waals surface area contributed by atoms with Crippen molar-refractivity contribution in [1.82, 2.24) is 9.88 Å². The summed E-state index contributed by atoms with van der Waals surface area (Å²) in [5.41, 5.74) is 6.74. The Morgan fingerprint density at radius 3 is 2.52 bits per heavy atom. The number of halogens is 3. The van der Waals surface area contributed by atoms with Crippen LogP contribution in [0.25, 0.3) is 5.57 Å². The van der Waals surface area contributed by atoms with Crippen LogP contribution in [-0.4, -0.2) is 26.6 Å². The monoisotopic (exact) mass is 407 g/mol. The minimum Gasteiger partial charge on any atom is -0.387 e. The predicted octanol–water partition coefficient (Wildman–Crippen LogP) is 4.96. The van der Waals surface area contributed by atoms with Crippen molar-refractivity contribution in [2.24, 2.45) is 11.8 Å². The van der Waals surface area contributed by atoms with Crippen LogP contribution in [0.2, 0.25) is 0 Å². The molecular formula is C22H28F3N3O. The zero-order valence-corrected chi connectivity index (χ0v) is 16.8. The third kappa shape index (κ3) is 3.54. The summed E-state index contributed by atoms with van der Waals surface area (Å²) in [6, 6.07) is 1.11. The average Bonchev–Trinajstić information content (AvgIpc) is 2.53. The molecule has 7 heteroatoms. The highest BCUT2D eigenvalue weighted by atomic mass is 19.4. The van der Waals surface area contributed by atoms with Crippen molar-refractivity contribution in [1.29, 1.82) is 0 Å². The fraction of sp³-hybridized carbons (Fsp3) is 0.591. The molecule has 1 aromatic heterocycles. The SMILES string of the molecule is CC(C)C(O)/C1=C/CCC/C(c2cnc(N)c(C(F)(F)F)c2)=C\N1C12CC(C1)C2. The van der Waals surface area contributed by atoms with Gasteiger partial charge in [0.25, 0.3) is 0 Å². The molecule has 0 saturated heterocycles. The van der Waals surface area contributed by atoms with Gasteiger partial charge in [0, 0.05) is 23.6 Å². The molecule has 3 N–H and O–H groups in total. The lowest BCUT2D eigenvalue weighted by molar-refractivity contribution is -0.137. The number of rotatable bonds is 4. The molecule has 1 aromatic rings. The fourth-order valence-electron chi connectivity index (χ4n) is 4.78. The number of allylic oxidation sites excluding steroid dienone is 2. The Hall–Kier alpha value is -2.02. The molecule has 2 heterocycles. The number of aliphatic hydroxyl groups is 1. The lowest BCUT2D eigenvalue weighted by Crippen LogP contribution is -2.67. The standard InChI is InChI=1S/C22H28F3N3O/c1-13(2)19(29)18-6-4-3-5-15(12-28(18)21-8-14(9-21)10-21)16-7-17(22(23,24)25)20(26)27-11-16/h6-7,11-14,19,29H,3-5,8-10H2,1-2H3,(H2,26,27)/b15-12+,18-6-. The van der Waals surface area contributed by atoms with Crippen molar-refractivity contribution in [2.75, 3.05) is 5.73 Å². The molecule has 1 aliphatic heterocycles. The van der Waals surface area contributed by atoms with Crippen molar-refractivity contribution >= 4 is 11.4 Å². The van der Waals surface area contributed by atoms with Crippen molar-refractivity contribution in [2.45, 2.75) is 70.2 Å². The number of hydrogen-bond donors (Lipinski definition) is 2. The lowest BCUT2D eigenvalue weighted by atomic mass is 9.49. The van der Waals surface area contributed by atoms with Gasteiger partial charge >= 0.3 is 6.18 Å². The summed E-state index contributed by atoms with van der Waals surface area (Å²) in [7, 11) is 0. The van der Waals surface area contributed by atoms with E-state index in [0.717, 1.165) is 55.4 Å². The van der Waals surface area contributed by atoms with Crippen LogP contribution >= 0.6 is 0 Å². The number of nitrogen functional groups attached to an aromatic ring is 1. The number of pyridine rings is 1. The normalized spacial score (nSPS) is 31.6. The van der Waals surface area contributed by atoms with Gasteiger partial charge in [-0.25, -0.2) is 4.98 Å². The van der Waals surface area contributed by atoms with Gasteiger partial charge in [-0.2, -0.15) is 13.2 Å². The second-order valence-electron chi connectivity index (χ2n) is 9.09. The number of alkyl halides is 3. The van der Waals surface area contributed by atoms with E-state index in [4.69, 9.17) is 5.73 Å². The fourth-order valence-corrected chi connectivity index (χ4v) is 4.78. The van der Waals surface area contributed by atoms with E-state index in [0.29, 0.717) is 12.0 Å². The molecule has 158 valence electrons. The third-order valence-electron chi connectivity index (χ3n) is 6.61. The molecule has 3 aliphatic carbocycles. The number of hydrogen-bond acceptors (Lipinski definition) is 4. The van der Waals surface area contributed by atoms with Crippen LogP contribution in [0.15, 0.2) is 30.2 Å². The summed E-state index contributed by atoms with van der Waals surface area (Å²) in [5.74, 6) is 0.298. The Kier molecular flexibility index (Phi) is 4.92. The van der Waals surface area contributed by atoms with Crippen LogP contribution in [-0.2, 0) is 6.18 Å². The second-order valence-corrected chi connectivity index (χ2v) is 9.09. The van der Waals surface area contributed by atoms with E-state index in [9.17, 15) is 18.3 Å². The van der Waals surface area contributed by atoms with Crippen LogP contribution < -0.4 is 5.73 Å². The van der Waals surface area contributed by atoms with E-state index in [1.165, 1.54) is 6.20 Å². The van der Waals surface area contributed by atoms with Crippen molar-refractivity contribution in [3.8, 4) is 0 Å². The number of nitrogens with two attached hydrogens (primary N) is 1. The summed E-state index contributed by atoms with van der Waals surface area (Å²) < 4.78 is 40.0. The minimum atomic E-state index is -4.54. The Balaban J connectivity index is 1.76. The van der Waals surface area contributed by atoms with E-state index in [1.807, 2.05) is 20.0 Å². The molecule has 5 rings (SSSR count). The van der Waals surface area contributed by atoms with Crippen LogP contribution in [0.1, 0.15) is 63.5 Å². The first kappa shape index (κ1) is 20.3. The molecule has 3 fully saturated rings. The van der Waals surface area contributed by atoms with Gasteiger partial charge in [-0.05, 0) is 67.6 Å². The molecule has 1 atom stereocenters. The summed E-state index contributed by atoms with van der Waals surface area (Å²) in [5, 5.41) is 10.9. The maximum absolute atomic E-state index is 13.3. The molecule has 4 aliphatic rings. The van der Waals surface area contributed by atoms with Gasteiger partial charge in [0.05, 0.1) is 11.7 Å². The molecule has 0 aromatic carbocycles. The first-order chi connectivity index (χ1) is 13.6. The van der Waals surface area contributed by atoms with Gasteiger partial charge in [0.1, 0.15) is 5.82 Å². The Bertz CT molecular complexity index is 842. The summed E-state index contributed by atoms with van der Waals surface area (Å²) in [4.78, 5) is 6.00. The molecule has 1 unspecified atom stereocenters. The van der Waals surface area contributed by atoms with E-state index in [2.05, 4.69) is 16.0 Å². The molecule has 29 heavy (non-hydrogen) atoms. The highest BCUT2D eigenvalue weighted by Gasteiger charge is 2.60. The van der Waals surface area contributed by atoms with Gasteiger partial charge in [-0.15, -0.1) is 0 Å². The number of nitrogens with zero attached hydrogens (tertiary/aromatic N) is 2.